The van der Waals surface area contributed by atoms with Crippen LogP contribution in [0.1, 0.15) is 42.2 Å². The van der Waals surface area contributed by atoms with Gasteiger partial charge in [0.15, 0.2) is 0 Å². The highest BCUT2D eigenvalue weighted by molar-refractivity contribution is 5.95. The Morgan fingerprint density at radius 1 is 1.55 bits per heavy atom. The van der Waals surface area contributed by atoms with Crippen LogP contribution in [0.3, 0.4) is 0 Å². The predicted molar refractivity (Wildman–Crippen MR) is 81.9 cm³/mol. The van der Waals surface area contributed by atoms with Crippen LogP contribution in [0.25, 0.3) is 0 Å². The van der Waals surface area contributed by atoms with Gasteiger partial charge in [0.05, 0.1) is 16.9 Å². The van der Waals surface area contributed by atoms with Crippen molar-refractivity contribution in [3.05, 3.63) is 17.5 Å². The fourth-order valence-corrected chi connectivity index (χ4v) is 3.65. The highest BCUT2D eigenvalue weighted by atomic mass is 16.5. The van der Waals surface area contributed by atoms with Crippen LogP contribution >= 0.6 is 0 Å². The van der Waals surface area contributed by atoms with Crippen LogP contribution in [0.4, 0.5) is 0 Å². The van der Waals surface area contributed by atoms with Crippen LogP contribution in [0.2, 0.25) is 0 Å². The Bertz CT molecular complexity index is 549. The molecule has 0 aliphatic carbocycles. The first-order chi connectivity index (χ1) is 10.6. The molecule has 2 fully saturated rings. The quantitative estimate of drug-likeness (QED) is 0.851. The van der Waals surface area contributed by atoms with E-state index in [0.29, 0.717) is 12.1 Å². The first-order valence-electron chi connectivity index (χ1n) is 8.09. The van der Waals surface area contributed by atoms with Gasteiger partial charge in [-0.1, -0.05) is 0 Å². The lowest BCUT2D eigenvalue weighted by molar-refractivity contribution is -0.136. The van der Waals surface area contributed by atoms with Gasteiger partial charge in [-0.15, -0.1) is 0 Å². The van der Waals surface area contributed by atoms with Crippen molar-refractivity contribution in [3.8, 4) is 0 Å². The Morgan fingerprint density at radius 2 is 2.36 bits per heavy atom. The topological polar surface area (TPSA) is 56.6 Å². The summed E-state index contributed by atoms with van der Waals surface area (Å²) < 4.78 is 13.5. The number of carbonyl (C=O) groups is 1. The van der Waals surface area contributed by atoms with Crippen LogP contribution in [-0.2, 0) is 16.0 Å². The van der Waals surface area contributed by atoms with Gasteiger partial charge in [0, 0.05) is 39.5 Å². The number of amides is 1. The van der Waals surface area contributed by atoms with Crippen molar-refractivity contribution in [3.63, 3.8) is 0 Å². The molecule has 122 valence electrons. The molecule has 22 heavy (non-hydrogen) atoms. The zero-order valence-corrected chi connectivity index (χ0v) is 13.7. The summed E-state index contributed by atoms with van der Waals surface area (Å²) in [6.07, 6.45) is 4.75. The van der Waals surface area contributed by atoms with Crippen LogP contribution in [0.15, 0.2) is 6.20 Å². The minimum Gasteiger partial charge on any atom is -0.377 e. The monoisotopic (exact) mass is 307 g/mol. The van der Waals surface area contributed by atoms with E-state index in [0.717, 1.165) is 44.7 Å². The number of piperidine rings is 1. The molecule has 6 nitrogen and oxygen atoms in total. The molecule has 0 saturated carbocycles. The highest BCUT2D eigenvalue weighted by Gasteiger charge is 2.47. The summed E-state index contributed by atoms with van der Waals surface area (Å²) in [6.45, 7) is 6.78. The summed E-state index contributed by atoms with van der Waals surface area (Å²) in [5.41, 5.74) is 1.30. The number of methoxy groups -OCH3 is 1. The standard InChI is InChI=1S/C16H25N3O3/c1-4-19-10-13(12(2)17-19)15(20)18-8-7-16(6-5-9-22-16)14(11-18)21-3/h10,14H,4-9,11H2,1-3H3/t14-,16-/m0/s1. The van der Waals surface area contributed by atoms with Gasteiger partial charge in [-0.25, -0.2) is 0 Å². The van der Waals surface area contributed by atoms with E-state index in [1.165, 1.54) is 0 Å². The lowest BCUT2D eigenvalue weighted by Crippen LogP contribution is -2.57. The van der Waals surface area contributed by atoms with Gasteiger partial charge in [0.25, 0.3) is 5.91 Å². The minimum absolute atomic E-state index is 0.0470. The van der Waals surface area contributed by atoms with Crippen molar-refractivity contribution in [1.82, 2.24) is 14.7 Å². The zero-order valence-electron chi connectivity index (χ0n) is 13.7. The lowest BCUT2D eigenvalue weighted by Gasteiger charge is -2.44. The van der Waals surface area contributed by atoms with E-state index >= 15 is 0 Å². The summed E-state index contributed by atoms with van der Waals surface area (Å²) in [5, 5.41) is 4.37. The van der Waals surface area contributed by atoms with Crippen molar-refractivity contribution in [2.45, 2.75) is 51.4 Å². The summed E-state index contributed by atoms with van der Waals surface area (Å²) in [6, 6.07) is 0. The number of aromatic nitrogens is 2. The van der Waals surface area contributed by atoms with Crippen molar-refractivity contribution in [2.75, 3.05) is 26.8 Å². The molecule has 2 atom stereocenters. The molecular weight excluding hydrogens is 282 g/mol. The molecule has 1 amide bonds. The van der Waals surface area contributed by atoms with E-state index in [-0.39, 0.29) is 17.6 Å². The van der Waals surface area contributed by atoms with E-state index in [1.807, 2.05) is 29.6 Å². The fourth-order valence-electron chi connectivity index (χ4n) is 3.65. The fraction of sp³-hybridized carbons (Fsp3) is 0.750. The van der Waals surface area contributed by atoms with E-state index in [4.69, 9.17) is 9.47 Å². The second-order valence-corrected chi connectivity index (χ2v) is 6.23. The van der Waals surface area contributed by atoms with E-state index in [1.54, 1.807) is 7.11 Å². The number of hydrogen-bond acceptors (Lipinski definition) is 4. The molecule has 2 saturated heterocycles. The van der Waals surface area contributed by atoms with Gasteiger partial charge >= 0.3 is 0 Å². The van der Waals surface area contributed by atoms with E-state index < -0.39 is 0 Å². The Kier molecular flexibility index (Phi) is 4.23. The first kappa shape index (κ1) is 15.5. The molecule has 1 aromatic rings. The van der Waals surface area contributed by atoms with Crippen molar-refractivity contribution >= 4 is 5.91 Å². The predicted octanol–water partition coefficient (Wildman–Crippen LogP) is 1.62. The third-order valence-electron chi connectivity index (χ3n) is 4.98. The minimum atomic E-state index is -0.186. The lowest BCUT2D eigenvalue weighted by atomic mass is 9.85. The molecule has 0 unspecified atom stereocenters. The Morgan fingerprint density at radius 3 is 2.95 bits per heavy atom. The van der Waals surface area contributed by atoms with Gasteiger partial charge in [0.2, 0.25) is 0 Å². The molecule has 3 rings (SSSR count). The van der Waals surface area contributed by atoms with Crippen LogP contribution in [0.5, 0.6) is 0 Å². The van der Waals surface area contributed by atoms with Gasteiger partial charge < -0.3 is 14.4 Å². The molecule has 0 aromatic carbocycles. The number of ether oxygens (including phenoxy) is 2. The molecule has 1 aromatic heterocycles. The average Bonchev–Trinajstić information content (AvgIpc) is 3.14. The van der Waals surface area contributed by atoms with Gasteiger partial charge in [-0.3, -0.25) is 9.48 Å². The number of aryl methyl sites for hydroxylation is 2. The number of carbonyl (C=O) groups excluding carboxylic acids is 1. The molecule has 1 spiro atoms. The Labute approximate surface area is 131 Å². The number of hydrogen-bond donors (Lipinski definition) is 0. The van der Waals surface area contributed by atoms with Crippen LogP contribution in [-0.4, -0.2) is 59.1 Å². The summed E-state index contributed by atoms with van der Waals surface area (Å²) in [5.74, 6) is 0.0482. The van der Waals surface area contributed by atoms with Crippen LogP contribution in [0, 0.1) is 6.92 Å². The summed E-state index contributed by atoms with van der Waals surface area (Å²) in [7, 11) is 1.71. The Balaban J connectivity index is 1.75. The smallest absolute Gasteiger partial charge is 0.257 e. The highest BCUT2D eigenvalue weighted by Crippen LogP contribution is 2.37. The van der Waals surface area contributed by atoms with Gasteiger partial charge in [0.1, 0.15) is 6.10 Å². The van der Waals surface area contributed by atoms with E-state index in [2.05, 4.69) is 5.10 Å². The van der Waals surface area contributed by atoms with Crippen LogP contribution < -0.4 is 0 Å². The van der Waals surface area contributed by atoms with Crippen molar-refractivity contribution < 1.29 is 14.3 Å². The maximum Gasteiger partial charge on any atom is 0.257 e. The van der Waals surface area contributed by atoms with Gasteiger partial charge in [-0.05, 0) is 33.1 Å². The second kappa shape index (κ2) is 6.01. The zero-order chi connectivity index (χ0) is 15.7. The average molecular weight is 307 g/mol. The molecule has 3 heterocycles. The van der Waals surface area contributed by atoms with E-state index in [9.17, 15) is 4.79 Å². The number of likely N-dealkylation sites (tertiary alicyclic amines) is 1. The molecule has 0 radical (unpaired) electrons. The molecular formula is C16H25N3O3. The maximum absolute atomic E-state index is 12.8. The van der Waals surface area contributed by atoms with Crippen molar-refractivity contribution in [1.29, 1.82) is 0 Å². The summed E-state index contributed by atoms with van der Waals surface area (Å²) >= 11 is 0. The van der Waals surface area contributed by atoms with Gasteiger partial charge in [-0.2, -0.15) is 5.10 Å². The SMILES string of the molecule is CCn1cc(C(=O)N2CC[C@@]3(CCCO3)[C@@H](OC)C2)c(C)n1. The Hall–Kier alpha value is -1.40. The number of rotatable bonds is 3. The normalized spacial score (nSPS) is 28.5. The molecule has 0 N–H and O–H groups in total. The third-order valence-corrected chi connectivity index (χ3v) is 4.98. The summed E-state index contributed by atoms with van der Waals surface area (Å²) in [4.78, 5) is 14.7. The second-order valence-electron chi connectivity index (χ2n) is 6.23. The molecule has 6 heteroatoms. The largest absolute Gasteiger partial charge is 0.377 e. The molecule has 0 bridgehead atoms. The first-order valence-corrected chi connectivity index (χ1v) is 8.09. The maximum atomic E-state index is 12.8. The molecule has 2 aliphatic rings. The number of nitrogens with zero attached hydrogens (tertiary/aromatic N) is 3. The third kappa shape index (κ3) is 2.54. The van der Waals surface area contributed by atoms with Crippen molar-refractivity contribution in [2.24, 2.45) is 0 Å². The molecule has 2 aliphatic heterocycles.